The van der Waals surface area contributed by atoms with Crippen molar-refractivity contribution < 1.29 is 49.0 Å². The summed E-state index contributed by atoms with van der Waals surface area (Å²) in [4.78, 5) is 38.1. The summed E-state index contributed by atoms with van der Waals surface area (Å²) in [6, 6.07) is 42.3. The Kier molecular flexibility index (Phi) is 20.6. The smallest absolute Gasteiger partial charge is 0.326 e. The minimum absolute atomic E-state index is 0.00204. The molecular weight excluding hydrogens is 1100 g/mol. The third-order valence-electron chi connectivity index (χ3n) is 14.3. The largest absolute Gasteiger partial charge is 0.488 e. The predicted octanol–water partition coefficient (Wildman–Crippen LogP) is 10.6. The number of carboxylic acid groups (broad SMARTS) is 2. The van der Waals surface area contributed by atoms with Crippen molar-refractivity contribution in [2.24, 2.45) is 4.99 Å². The van der Waals surface area contributed by atoms with Gasteiger partial charge in [-0.1, -0.05) is 120 Å². The molecule has 2 unspecified atom stereocenters. The first-order valence-electron chi connectivity index (χ1n) is 26.5. The number of aliphatic hydroxyl groups excluding tert-OH is 2. The molecule has 0 fully saturated rings. The van der Waals surface area contributed by atoms with Crippen LogP contribution in [0.2, 0.25) is 10.0 Å². The van der Waals surface area contributed by atoms with Crippen molar-refractivity contribution in [2.45, 2.75) is 77.3 Å². The van der Waals surface area contributed by atoms with E-state index in [9.17, 15) is 35.3 Å². The predicted molar refractivity (Wildman–Crippen MR) is 317 cm³/mol. The highest BCUT2D eigenvalue weighted by Gasteiger charge is 2.39. The summed E-state index contributed by atoms with van der Waals surface area (Å²) in [5.74, 6) is -1.11. The standard InChI is InChI=1S/C65H62Cl2N6O10/c1-42-50(38-82-60-24-58(80-36-48-20-46(28-68)30-70-32-48)52(22-56(60)66)34-72-64(40-74,62(76)77)26-44-12-6-4-7-13-44)16-10-18-54(42)55-19-11-17-51(43(55)2)39-83-61-25-59(81-37-49-21-47(29-69-3)31-71-33-49)53(23-57(61)67)35-73-65(41-75,63(78)79)27-45-14-8-5-9-15-45/h4-25,29-33,72-75H,26-27,34-41H2,1-3H3,(H,76,77)(H,78,79). The van der Waals surface area contributed by atoms with Crippen LogP contribution >= 0.6 is 23.2 Å². The van der Waals surface area contributed by atoms with Gasteiger partial charge in [-0.2, -0.15) is 5.26 Å². The number of aliphatic carboxylic acids is 2. The number of carbonyl (C=O) groups is 2. The van der Waals surface area contributed by atoms with Gasteiger partial charge in [-0.25, -0.2) is 0 Å². The van der Waals surface area contributed by atoms with Crippen molar-refractivity contribution in [3.63, 3.8) is 0 Å². The third-order valence-corrected chi connectivity index (χ3v) is 14.9. The molecule has 83 heavy (non-hydrogen) atoms. The number of nitrogens with zero attached hydrogens (tertiary/aromatic N) is 4. The zero-order chi connectivity index (χ0) is 58.9. The number of benzene rings is 6. The molecule has 0 saturated heterocycles. The van der Waals surface area contributed by atoms with Crippen LogP contribution in [0.3, 0.4) is 0 Å². The number of aliphatic imine (C=N–C) groups is 1. The molecule has 2 atom stereocenters. The van der Waals surface area contributed by atoms with Crippen molar-refractivity contribution in [1.29, 1.82) is 5.26 Å². The van der Waals surface area contributed by atoms with Crippen molar-refractivity contribution >= 4 is 41.4 Å². The van der Waals surface area contributed by atoms with Gasteiger partial charge in [0.15, 0.2) is 0 Å². The lowest BCUT2D eigenvalue weighted by Gasteiger charge is -2.29. The molecule has 8 rings (SSSR count). The van der Waals surface area contributed by atoms with Gasteiger partial charge in [-0.05, 0) is 82.6 Å². The van der Waals surface area contributed by atoms with Crippen LogP contribution in [-0.2, 0) is 61.9 Å². The summed E-state index contributed by atoms with van der Waals surface area (Å²) < 4.78 is 25.7. The van der Waals surface area contributed by atoms with Gasteiger partial charge in [0, 0.05) is 104 Å². The van der Waals surface area contributed by atoms with E-state index < -0.39 is 36.2 Å². The number of nitrogens with one attached hydrogen (secondary N) is 2. The number of carboxylic acids is 2. The van der Waals surface area contributed by atoms with Gasteiger partial charge in [0.25, 0.3) is 0 Å². The van der Waals surface area contributed by atoms with Crippen molar-refractivity contribution in [3.8, 4) is 40.2 Å². The van der Waals surface area contributed by atoms with E-state index in [1.807, 2.05) is 92.7 Å². The lowest BCUT2D eigenvalue weighted by Crippen LogP contribution is -2.56. The number of pyridine rings is 2. The van der Waals surface area contributed by atoms with Crippen LogP contribution in [0, 0.1) is 25.2 Å². The molecule has 0 radical (unpaired) electrons. The van der Waals surface area contributed by atoms with Crippen molar-refractivity contribution in [2.75, 3.05) is 20.3 Å². The molecule has 0 spiro atoms. The Labute approximate surface area is 491 Å². The van der Waals surface area contributed by atoms with E-state index in [2.05, 4.69) is 31.7 Å². The van der Waals surface area contributed by atoms with Crippen LogP contribution < -0.4 is 29.6 Å². The lowest BCUT2D eigenvalue weighted by atomic mass is 9.91. The minimum Gasteiger partial charge on any atom is -0.488 e. The van der Waals surface area contributed by atoms with Crippen molar-refractivity contribution in [3.05, 3.63) is 235 Å². The van der Waals surface area contributed by atoms with E-state index in [0.717, 1.165) is 55.6 Å². The van der Waals surface area contributed by atoms with E-state index in [4.69, 9.17) is 42.1 Å². The van der Waals surface area contributed by atoms with Gasteiger partial charge < -0.3 is 39.4 Å². The Bertz CT molecular complexity index is 3640. The topological polar surface area (TPSA) is 238 Å². The van der Waals surface area contributed by atoms with Gasteiger partial charge in [0.1, 0.15) is 66.6 Å². The maximum Gasteiger partial charge on any atom is 0.326 e. The first kappa shape index (κ1) is 60.4. The van der Waals surface area contributed by atoms with Crippen LogP contribution in [-0.4, -0.2) is 79.9 Å². The highest BCUT2D eigenvalue weighted by atomic mass is 35.5. The first-order valence-corrected chi connectivity index (χ1v) is 27.2. The molecule has 0 amide bonds. The van der Waals surface area contributed by atoms with Gasteiger partial charge in [-0.3, -0.25) is 35.2 Å². The number of aromatic nitrogens is 2. The second-order valence-corrected chi connectivity index (χ2v) is 20.8. The number of nitriles is 1. The molecule has 6 aromatic carbocycles. The Hall–Kier alpha value is -8.66. The minimum atomic E-state index is -1.73. The molecule has 18 heteroatoms. The summed E-state index contributed by atoms with van der Waals surface area (Å²) in [6.45, 7) is 2.95. The van der Waals surface area contributed by atoms with Crippen molar-refractivity contribution in [1.82, 2.24) is 20.6 Å². The zero-order valence-electron chi connectivity index (χ0n) is 45.9. The molecule has 0 bridgehead atoms. The molecule has 8 aromatic rings. The maximum atomic E-state index is 12.8. The second-order valence-electron chi connectivity index (χ2n) is 19.9. The molecule has 0 aliphatic rings. The summed E-state index contributed by atoms with van der Waals surface area (Å²) in [7, 11) is 1.67. The van der Waals surface area contributed by atoms with Gasteiger partial charge in [0.05, 0.1) is 28.8 Å². The van der Waals surface area contributed by atoms with E-state index in [1.165, 1.54) is 6.20 Å². The van der Waals surface area contributed by atoms with E-state index >= 15 is 0 Å². The van der Waals surface area contributed by atoms with Crippen LogP contribution in [0.5, 0.6) is 23.0 Å². The van der Waals surface area contributed by atoms with Crippen LogP contribution in [0.1, 0.15) is 66.8 Å². The summed E-state index contributed by atoms with van der Waals surface area (Å²) in [5, 5.41) is 58.1. The monoisotopic (exact) mass is 1160 g/mol. The van der Waals surface area contributed by atoms with Gasteiger partial charge in [-0.15, -0.1) is 0 Å². The molecular formula is C65H62Cl2N6O10. The molecule has 0 saturated carbocycles. The molecule has 0 aliphatic heterocycles. The third kappa shape index (κ3) is 15.3. The van der Waals surface area contributed by atoms with E-state index in [0.29, 0.717) is 45.3 Å². The number of halogens is 2. The molecule has 2 aromatic heterocycles. The fourth-order valence-corrected chi connectivity index (χ4v) is 9.93. The fourth-order valence-electron chi connectivity index (χ4n) is 9.45. The molecule has 0 aliphatic carbocycles. The fraction of sp³-hybridized carbons (Fsp3) is 0.231. The molecule has 16 nitrogen and oxygen atoms in total. The van der Waals surface area contributed by atoms with Gasteiger partial charge >= 0.3 is 11.9 Å². The number of ether oxygens (including phenoxy) is 4. The Morgan fingerprint density at radius 1 is 0.566 bits per heavy atom. The SMILES string of the molecule is CN=Cc1cncc(COc2cc(OCc3cccc(-c4cccc(COc5cc(OCc6cncc(C#N)c6)c(CNC(CO)(Cc6ccccc6)C(=O)O)cc5Cl)c4C)c3C)c(Cl)cc2CNC(CO)(Cc2ccccc2)C(=O)O)c1. The Morgan fingerprint density at radius 3 is 1.45 bits per heavy atom. The average Bonchev–Trinajstić information content (AvgIpc) is 3.54. The summed E-state index contributed by atoms with van der Waals surface area (Å²) in [6.07, 6.45) is 8.11. The van der Waals surface area contributed by atoms with Crippen LogP contribution in [0.25, 0.3) is 11.1 Å². The second kappa shape index (κ2) is 28.4. The quantitative estimate of drug-likeness (QED) is 0.0250. The number of hydrogen-bond acceptors (Lipinski definition) is 14. The molecule has 426 valence electrons. The number of hydrogen-bond donors (Lipinski definition) is 6. The highest BCUT2D eigenvalue weighted by molar-refractivity contribution is 6.32. The molecule has 2 heterocycles. The van der Waals surface area contributed by atoms with E-state index in [-0.39, 0.29) is 62.4 Å². The van der Waals surface area contributed by atoms with Gasteiger partial charge in [0.2, 0.25) is 0 Å². The lowest BCUT2D eigenvalue weighted by molar-refractivity contribution is -0.147. The zero-order valence-corrected chi connectivity index (χ0v) is 47.5. The Balaban J connectivity index is 1.02. The number of aliphatic hydroxyl groups is 2. The Morgan fingerprint density at radius 2 is 1.01 bits per heavy atom. The first-order chi connectivity index (χ1) is 40.2. The number of rotatable bonds is 28. The highest BCUT2D eigenvalue weighted by Crippen LogP contribution is 2.38. The average molecular weight is 1160 g/mol. The summed E-state index contributed by atoms with van der Waals surface area (Å²) >= 11 is 13.9. The normalized spacial score (nSPS) is 12.7. The molecule has 6 N–H and O–H groups in total. The van der Waals surface area contributed by atoms with Crippen LogP contribution in [0.15, 0.2) is 163 Å². The maximum absolute atomic E-state index is 12.8. The van der Waals surface area contributed by atoms with E-state index in [1.54, 1.807) is 86.5 Å². The van der Waals surface area contributed by atoms with Crippen LogP contribution in [0.4, 0.5) is 0 Å². The summed E-state index contributed by atoms with van der Waals surface area (Å²) in [5.41, 5.74) is 7.14.